The van der Waals surface area contributed by atoms with Gasteiger partial charge in [0, 0.05) is 56.4 Å². The number of carbonyl (C=O) groups excluding carboxylic acids is 3. The third-order valence-electron chi connectivity index (χ3n) is 11.6. The largest absolute Gasteiger partial charge is 0.351 e. The van der Waals surface area contributed by atoms with Crippen LogP contribution < -0.4 is 16.0 Å². The fraction of sp³-hybridized carbons (Fsp3) is 0.575. The van der Waals surface area contributed by atoms with Gasteiger partial charge >= 0.3 is 0 Å². The number of H-pyrrole nitrogens is 1. The highest BCUT2D eigenvalue weighted by atomic mass is 16.2. The zero-order valence-corrected chi connectivity index (χ0v) is 32.6. The van der Waals surface area contributed by atoms with Gasteiger partial charge in [0.15, 0.2) is 5.82 Å². The average molecular weight is 740 g/mol. The molecule has 2 aliphatic carbocycles. The molecule has 0 bridgehead atoms. The van der Waals surface area contributed by atoms with Crippen molar-refractivity contribution in [1.29, 1.82) is 5.26 Å². The van der Waals surface area contributed by atoms with Crippen LogP contribution in [0.1, 0.15) is 74.3 Å². The Kier molecular flexibility index (Phi) is 13.9. The van der Waals surface area contributed by atoms with Gasteiger partial charge in [-0.15, -0.1) is 10.2 Å². The lowest BCUT2D eigenvalue weighted by atomic mass is 9.68. The number of aromatic nitrogens is 4. The van der Waals surface area contributed by atoms with E-state index in [0.717, 1.165) is 54.9 Å². The first kappa shape index (κ1) is 40.5. The van der Waals surface area contributed by atoms with Gasteiger partial charge in [-0.25, -0.2) is 0 Å². The Labute approximate surface area is 319 Å². The van der Waals surface area contributed by atoms with Crippen molar-refractivity contribution in [3.8, 4) is 6.07 Å². The fourth-order valence-corrected chi connectivity index (χ4v) is 8.17. The molecule has 2 heterocycles. The number of amides is 3. The van der Waals surface area contributed by atoms with Crippen molar-refractivity contribution < 1.29 is 14.4 Å². The highest BCUT2D eigenvalue weighted by Crippen LogP contribution is 2.47. The number of fused-ring (bicyclic) bond motifs is 1. The summed E-state index contributed by atoms with van der Waals surface area (Å²) in [5, 5.41) is 35.0. The second-order valence-electron chi connectivity index (χ2n) is 14.8. The number of hydrogen-bond acceptors (Lipinski definition) is 10. The predicted octanol–water partition coefficient (Wildman–Crippen LogP) is 2.35. The molecule has 14 nitrogen and oxygen atoms in total. The molecule has 0 spiro atoms. The van der Waals surface area contributed by atoms with Crippen LogP contribution in [-0.2, 0) is 21.4 Å². The van der Waals surface area contributed by atoms with Crippen LogP contribution in [0.5, 0.6) is 0 Å². The van der Waals surface area contributed by atoms with E-state index in [9.17, 15) is 19.6 Å². The lowest BCUT2D eigenvalue weighted by Crippen LogP contribution is -2.46. The lowest BCUT2D eigenvalue weighted by molar-refractivity contribution is -0.130. The third kappa shape index (κ3) is 8.97. The smallest absolute Gasteiger partial charge is 0.253 e. The van der Waals surface area contributed by atoms with Crippen molar-refractivity contribution in [3.63, 3.8) is 0 Å². The Hall–Kier alpha value is -4.71. The number of nitrogens with one attached hydrogen (secondary N) is 4. The maximum atomic E-state index is 13.7. The van der Waals surface area contributed by atoms with E-state index in [1.165, 1.54) is 0 Å². The molecule has 1 saturated carbocycles. The van der Waals surface area contributed by atoms with Gasteiger partial charge in [0.1, 0.15) is 6.54 Å². The molecule has 54 heavy (non-hydrogen) atoms. The van der Waals surface area contributed by atoms with Gasteiger partial charge in [-0.05, 0) is 93.1 Å². The number of hydrogen-bond donors (Lipinski definition) is 4. The topological polar surface area (TPSA) is 175 Å². The van der Waals surface area contributed by atoms with E-state index >= 15 is 0 Å². The number of carbonyl (C=O) groups is 3. The number of benzene rings is 1. The summed E-state index contributed by atoms with van der Waals surface area (Å²) in [6, 6.07) is 8.17. The number of allylic oxidation sites excluding steroid dienone is 3. The minimum atomic E-state index is -0.961. The van der Waals surface area contributed by atoms with Crippen LogP contribution in [0.2, 0.25) is 0 Å². The molecule has 5 rings (SSSR count). The van der Waals surface area contributed by atoms with E-state index in [4.69, 9.17) is 0 Å². The Balaban J connectivity index is 1.48. The van der Waals surface area contributed by atoms with Crippen LogP contribution in [0.25, 0.3) is 0 Å². The van der Waals surface area contributed by atoms with E-state index in [1.54, 1.807) is 11.0 Å². The molecule has 4 N–H and O–H groups in total. The molecule has 1 aromatic heterocycles. The number of piperazine rings is 1. The van der Waals surface area contributed by atoms with Gasteiger partial charge in [-0.3, -0.25) is 14.4 Å². The molecule has 290 valence electrons. The zero-order chi connectivity index (χ0) is 38.8. The van der Waals surface area contributed by atoms with Gasteiger partial charge < -0.3 is 30.7 Å². The molecule has 0 radical (unpaired) electrons. The van der Waals surface area contributed by atoms with Crippen LogP contribution in [0, 0.1) is 23.2 Å². The van der Waals surface area contributed by atoms with E-state index in [-0.39, 0.29) is 36.9 Å². The molecule has 2 fully saturated rings. The molecule has 3 aliphatic rings. The van der Waals surface area contributed by atoms with E-state index in [2.05, 4.69) is 81.8 Å². The Morgan fingerprint density at radius 1 is 1.19 bits per heavy atom. The number of rotatable bonds is 17. The fourth-order valence-electron chi connectivity index (χ4n) is 8.17. The third-order valence-corrected chi connectivity index (χ3v) is 11.6. The number of nitriles is 1. The molecule has 3 amide bonds. The Morgan fingerprint density at radius 2 is 1.96 bits per heavy atom. The number of aryl methyl sites for hydroxylation is 1. The van der Waals surface area contributed by atoms with Crippen LogP contribution in [0.4, 0.5) is 0 Å². The van der Waals surface area contributed by atoms with Crippen molar-refractivity contribution in [1.82, 2.24) is 51.3 Å². The monoisotopic (exact) mass is 739 g/mol. The Morgan fingerprint density at radius 3 is 2.63 bits per heavy atom. The van der Waals surface area contributed by atoms with Crippen molar-refractivity contribution >= 4 is 17.7 Å². The van der Waals surface area contributed by atoms with Crippen molar-refractivity contribution in [3.05, 3.63) is 76.2 Å². The van der Waals surface area contributed by atoms with Crippen molar-refractivity contribution in [2.45, 2.75) is 64.8 Å². The summed E-state index contributed by atoms with van der Waals surface area (Å²) >= 11 is 0. The highest BCUT2D eigenvalue weighted by Gasteiger charge is 2.50. The summed E-state index contributed by atoms with van der Waals surface area (Å²) in [6.45, 7) is 18.0. The van der Waals surface area contributed by atoms with Gasteiger partial charge in [0.05, 0.1) is 18.0 Å². The van der Waals surface area contributed by atoms with Crippen LogP contribution in [-0.4, -0.2) is 132 Å². The normalized spacial score (nSPS) is 22.5. The molecule has 1 saturated heterocycles. The van der Waals surface area contributed by atoms with E-state index in [0.29, 0.717) is 74.2 Å². The zero-order valence-electron chi connectivity index (χ0n) is 32.6. The minimum Gasteiger partial charge on any atom is -0.351 e. The Bertz CT molecular complexity index is 1760. The summed E-state index contributed by atoms with van der Waals surface area (Å²) in [5.41, 5.74) is 3.91. The van der Waals surface area contributed by atoms with Crippen LogP contribution >= 0.6 is 0 Å². The summed E-state index contributed by atoms with van der Waals surface area (Å²) < 4.78 is 0. The van der Waals surface area contributed by atoms with E-state index in [1.807, 2.05) is 36.2 Å². The number of likely N-dealkylation sites (N-methyl/N-ethyl adjacent to an activating group) is 1. The van der Waals surface area contributed by atoms with Gasteiger partial charge in [0.2, 0.25) is 5.91 Å². The second-order valence-corrected chi connectivity index (χ2v) is 14.8. The summed E-state index contributed by atoms with van der Waals surface area (Å²) in [7, 11) is 2.00. The number of nitrogens with zero attached hydrogens (tertiary/aromatic N) is 7. The summed E-state index contributed by atoms with van der Waals surface area (Å²) in [6.07, 6.45) is 6.48. The van der Waals surface area contributed by atoms with Gasteiger partial charge in [-0.1, -0.05) is 56.7 Å². The van der Waals surface area contributed by atoms with Gasteiger partial charge in [0.25, 0.3) is 11.8 Å². The quantitative estimate of drug-likeness (QED) is 0.0816. The predicted molar refractivity (Wildman–Crippen MR) is 207 cm³/mol. The average Bonchev–Trinajstić information content (AvgIpc) is 3.54. The molecule has 1 aliphatic heterocycles. The molecular formula is C40H57N11O3. The molecular weight excluding hydrogens is 683 g/mol. The molecule has 1 aromatic carbocycles. The minimum absolute atomic E-state index is 0.00310. The SMILES string of the molecule is C=C(/C=C\C1=C(C)CCc2cc(C(=O)N3CCNCC3)ccc2C1(CCNCC(=O)N(CC#N)C1C(CC)[C@@H]1C)c1nn[nH]n1)C(=O)NCCN(C)CC. The number of aromatic amines is 1. The second kappa shape index (κ2) is 18.6. The van der Waals surface area contributed by atoms with Crippen molar-refractivity contribution in [2.24, 2.45) is 11.8 Å². The molecule has 3 unspecified atom stereocenters. The maximum absolute atomic E-state index is 13.7. The lowest BCUT2D eigenvalue weighted by Gasteiger charge is -2.35. The molecule has 2 aromatic rings. The van der Waals surface area contributed by atoms with Crippen LogP contribution in [0.15, 0.2) is 53.6 Å². The first-order chi connectivity index (χ1) is 26.1. The first-order valence-corrected chi connectivity index (χ1v) is 19.4. The number of tetrazole rings is 1. The highest BCUT2D eigenvalue weighted by molar-refractivity contribution is 5.96. The summed E-state index contributed by atoms with van der Waals surface area (Å²) in [4.78, 5) is 46.0. The maximum Gasteiger partial charge on any atom is 0.253 e. The van der Waals surface area contributed by atoms with Crippen molar-refractivity contribution in [2.75, 3.05) is 72.5 Å². The summed E-state index contributed by atoms with van der Waals surface area (Å²) in [5.74, 6) is 0.878. The van der Waals surface area contributed by atoms with Gasteiger partial charge in [-0.2, -0.15) is 10.5 Å². The van der Waals surface area contributed by atoms with E-state index < -0.39 is 5.41 Å². The molecule has 14 heteroatoms. The first-order valence-electron chi connectivity index (χ1n) is 19.4. The standard InChI is InChI=1S/C40H57N11O3/c1-7-32-29(5)36(32)51(21-16-41)35(52)26-43-17-15-40(39-45-47-48-46-39)33(13-10-28(4)37(53)44-20-22-49(6)8-2)27(3)9-11-30-25-31(12-14-34(30)40)38(54)50-23-18-42-19-24-50/h10,12-14,25,29,32,36,42-43H,4,7-9,11,15,17-24,26H2,1-3,5-6H3,(H,44,53)(H,45,46,47,48)/b13-10-/t29-,32?,36?,40?/m0/s1. The van der Waals surface area contributed by atoms with Crippen LogP contribution in [0.3, 0.4) is 0 Å². The molecule has 4 atom stereocenters.